The van der Waals surface area contributed by atoms with Crippen LogP contribution in [0.1, 0.15) is 20.3 Å². The van der Waals surface area contributed by atoms with Gasteiger partial charge in [0.1, 0.15) is 0 Å². The standard InChI is InChI=1S/C7H16NO/c1-3-8(4-2)6-5-7-9/h6,9H,3-5,7H2,1-2H3. The van der Waals surface area contributed by atoms with Crippen molar-refractivity contribution in [1.29, 1.82) is 0 Å². The molecule has 2 nitrogen and oxygen atoms in total. The van der Waals surface area contributed by atoms with Gasteiger partial charge < -0.3 is 5.11 Å². The van der Waals surface area contributed by atoms with Gasteiger partial charge in [-0.15, -0.1) is 0 Å². The first-order valence-corrected chi connectivity index (χ1v) is 3.53. The van der Waals surface area contributed by atoms with Crippen molar-refractivity contribution in [2.45, 2.75) is 20.3 Å². The van der Waals surface area contributed by atoms with Crippen LogP contribution in [0.2, 0.25) is 0 Å². The summed E-state index contributed by atoms with van der Waals surface area (Å²) in [6.07, 6.45) is 0.779. The Morgan fingerprint density at radius 2 is 1.89 bits per heavy atom. The van der Waals surface area contributed by atoms with Gasteiger partial charge in [0, 0.05) is 13.2 Å². The minimum absolute atomic E-state index is 0.260. The van der Waals surface area contributed by atoms with Crippen LogP contribution >= 0.6 is 0 Å². The van der Waals surface area contributed by atoms with E-state index in [9.17, 15) is 0 Å². The average Bonchev–Trinajstić information content (AvgIpc) is 1.91. The highest BCUT2D eigenvalue weighted by Crippen LogP contribution is 1.94. The molecule has 0 heterocycles. The van der Waals surface area contributed by atoms with Gasteiger partial charge in [-0.3, -0.25) is 4.90 Å². The maximum absolute atomic E-state index is 8.45. The number of aliphatic hydroxyl groups is 1. The summed E-state index contributed by atoms with van der Waals surface area (Å²) in [6, 6.07) is 0. The van der Waals surface area contributed by atoms with Crippen LogP contribution in [-0.4, -0.2) is 29.7 Å². The van der Waals surface area contributed by atoms with E-state index in [0.717, 1.165) is 19.5 Å². The molecule has 9 heavy (non-hydrogen) atoms. The van der Waals surface area contributed by atoms with Gasteiger partial charge in [-0.05, 0) is 19.5 Å². The SMILES string of the molecule is CCN([CH]CCO)CC. The van der Waals surface area contributed by atoms with E-state index < -0.39 is 0 Å². The molecule has 0 saturated carbocycles. The van der Waals surface area contributed by atoms with Gasteiger partial charge in [0.2, 0.25) is 0 Å². The molecule has 1 radical (unpaired) electrons. The Kier molecular flexibility index (Phi) is 5.99. The zero-order chi connectivity index (χ0) is 7.11. The molecule has 0 atom stereocenters. The number of hydrogen-bond donors (Lipinski definition) is 1. The van der Waals surface area contributed by atoms with E-state index in [0.29, 0.717) is 0 Å². The fraction of sp³-hybridized carbons (Fsp3) is 0.857. The Hall–Kier alpha value is -0.0800. The molecule has 0 aliphatic heterocycles. The first-order valence-electron chi connectivity index (χ1n) is 3.53. The summed E-state index contributed by atoms with van der Waals surface area (Å²) in [4.78, 5) is 2.18. The van der Waals surface area contributed by atoms with Gasteiger partial charge >= 0.3 is 0 Å². The highest BCUT2D eigenvalue weighted by atomic mass is 16.3. The van der Waals surface area contributed by atoms with E-state index in [4.69, 9.17) is 5.11 Å². The summed E-state index contributed by atoms with van der Waals surface area (Å²) in [5.41, 5.74) is 0. The molecule has 0 aromatic carbocycles. The van der Waals surface area contributed by atoms with E-state index in [-0.39, 0.29) is 6.61 Å². The van der Waals surface area contributed by atoms with Crippen LogP contribution in [0.25, 0.3) is 0 Å². The molecular formula is C7H16NO. The second-order valence-electron chi connectivity index (χ2n) is 1.92. The number of aliphatic hydroxyl groups excluding tert-OH is 1. The predicted molar refractivity (Wildman–Crippen MR) is 38.9 cm³/mol. The maximum Gasteiger partial charge on any atom is 0.0446 e. The lowest BCUT2D eigenvalue weighted by Crippen LogP contribution is -2.19. The number of rotatable bonds is 5. The molecule has 0 bridgehead atoms. The minimum Gasteiger partial charge on any atom is -0.396 e. The topological polar surface area (TPSA) is 23.5 Å². The largest absolute Gasteiger partial charge is 0.396 e. The van der Waals surface area contributed by atoms with Gasteiger partial charge in [0.05, 0.1) is 0 Å². The average molecular weight is 130 g/mol. The van der Waals surface area contributed by atoms with Crippen molar-refractivity contribution in [3.05, 3.63) is 6.54 Å². The lowest BCUT2D eigenvalue weighted by molar-refractivity contribution is 0.268. The highest BCUT2D eigenvalue weighted by molar-refractivity contribution is 4.64. The van der Waals surface area contributed by atoms with Crippen LogP contribution in [-0.2, 0) is 0 Å². The molecule has 0 unspecified atom stereocenters. The molecule has 2 heteroatoms. The van der Waals surface area contributed by atoms with Crippen molar-refractivity contribution in [1.82, 2.24) is 4.90 Å². The zero-order valence-corrected chi connectivity index (χ0v) is 6.30. The Morgan fingerprint density at radius 1 is 1.33 bits per heavy atom. The molecule has 0 spiro atoms. The van der Waals surface area contributed by atoms with Gasteiger partial charge in [-0.1, -0.05) is 13.8 Å². The Bertz CT molecular complexity index is 52.9. The van der Waals surface area contributed by atoms with E-state index in [1.54, 1.807) is 0 Å². The van der Waals surface area contributed by atoms with Crippen molar-refractivity contribution in [2.24, 2.45) is 0 Å². The summed E-state index contributed by atoms with van der Waals surface area (Å²) in [5.74, 6) is 0. The van der Waals surface area contributed by atoms with Crippen molar-refractivity contribution in [3.8, 4) is 0 Å². The third kappa shape index (κ3) is 4.43. The minimum atomic E-state index is 0.260. The quantitative estimate of drug-likeness (QED) is 0.597. The summed E-state index contributed by atoms with van der Waals surface area (Å²) >= 11 is 0. The summed E-state index contributed by atoms with van der Waals surface area (Å²) in [7, 11) is 0. The maximum atomic E-state index is 8.45. The van der Waals surface area contributed by atoms with Gasteiger partial charge in [0.15, 0.2) is 0 Å². The summed E-state index contributed by atoms with van der Waals surface area (Å²) in [6.45, 7) is 8.60. The molecule has 0 saturated heterocycles. The van der Waals surface area contributed by atoms with E-state index in [1.165, 1.54) is 0 Å². The predicted octanol–water partition coefficient (Wildman–Crippen LogP) is 0.872. The summed E-state index contributed by atoms with van der Waals surface area (Å²) < 4.78 is 0. The molecule has 0 aromatic heterocycles. The smallest absolute Gasteiger partial charge is 0.0446 e. The second kappa shape index (κ2) is 6.05. The van der Waals surface area contributed by atoms with Gasteiger partial charge in [-0.25, -0.2) is 0 Å². The third-order valence-electron chi connectivity index (χ3n) is 1.33. The van der Waals surface area contributed by atoms with Crippen LogP contribution in [0.4, 0.5) is 0 Å². The van der Waals surface area contributed by atoms with Crippen molar-refractivity contribution in [2.75, 3.05) is 19.7 Å². The Morgan fingerprint density at radius 3 is 2.22 bits per heavy atom. The second-order valence-corrected chi connectivity index (χ2v) is 1.92. The van der Waals surface area contributed by atoms with Crippen LogP contribution in [0.5, 0.6) is 0 Å². The van der Waals surface area contributed by atoms with E-state index in [1.807, 2.05) is 6.54 Å². The summed E-state index contributed by atoms with van der Waals surface area (Å²) in [5, 5.41) is 8.45. The first-order chi connectivity index (χ1) is 4.35. The van der Waals surface area contributed by atoms with E-state index in [2.05, 4.69) is 18.7 Å². The van der Waals surface area contributed by atoms with Crippen LogP contribution in [0.15, 0.2) is 0 Å². The molecule has 0 rings (SSSR count). The lowest BCUT2D eigenvalue weighted by Gasteiger charge is -2.15. The molecular weight excluding hydrogens is 114 g/mol. The molecule has 0 amide bonds. The molecule has 0 aliphatic rings. The zero-order valence-electron chi connectivity index (χ0n) is 6.30. The fourth-order valence-corrected chi connectivity index (χ4v) is 0.722. The fourth-order valence-electron chi connectivity index (χ4n) is 0.722. The molecule has 55 valence electrons. The van der Waals surface area contributed by atoms with Crippen molar-refractivity contribution < 1.29 is 5.11 Å². The number of nitrogens with zero attached hydrogens (tertiary/aromatic N) is 1. The van der Waals surface area contributed by atoms with Crippen LogP contribution in [0.3, 0.4) is 0 Å². The van der Waals surface area contributed by atoms with Gasteiger partial charge in [0.25, 0.3) is 0 Å². The molecule has 0 aromatic rings. The van der Waals surface area contributed by atoms with Crippen LogP contribution < -0.4 is 0 Å². The number of hydrogen-bond acceptors (Lipinski definition) is 2. The molecule has 0 aliphatic carbocycles. The monoisotopic (exact) mass is 130 g/mol. The third-order valence-corrected chi connectivity index (χ3v) is 1.33. The first kappa shape index (κ1) is 8.92. The molecule has 1 N–H and O–H groups in total. The van der Waals surface area contributed by atoms with Crippen molar-refractivity contribution >= 4 is 0 Å². The Balaban J connectivity index is 3.09. The van der Waals surface area contributed by atoms with Crippen molar-refractivity contribution in [3.63, 3.8) is 0 Å². The normalized spacial score (nSPS) is 10.7. The Labute approximate surface area is 57.5 Å². The highest BCUT2D eigenvalue weighted by Gasteiger charge is 1.95. The lowest BCUT2D eigenvalue weighted by atomic mass is 10.4. The molecule has 0 fully saturated rings. The van der Waals surface area contributed by atoms with Gasteiger partial charge in [-0.2, -0.15) is 0 Å². The van der Waals surface area contributed by atoms with Crippen LogP contribution in [0, 0.1) is 6.54 Å². The van der Waals surface area contributed by atoms with E-state index >= 15 is 0 Å².